The molecule has 0 saturated carbocycles. The average molecular weight is 387 g/mol. The summed E-state index contributed by atoms with van der Waals surface area (Å²) in [6.45, 7) is 0.966. The lowest BCUT2D eigenvalue weighted by Gasteiger charge is -2.32. The Labute approximate surface area is 121 Å². The smallest absolute Gasteiger partial charge is 0.249 e. The Morgan fingerprint density at radius 2 is 2.21 bits per heavy atom. The lowest BCUT2D eigenvalue weighted by atomic mass is 9.96. The molecule has 0 bridgehead atoms. The van der Waals surface area contributed by atoms with Crippen LogP contribution in [0.3, 0.4) is 0 Å². The van der Waals surface area contributed by atoms with Crippen LogP contribution in [-0.2, 0) is 14.3 Å². The molecule has 0 aromatic heterocycles. The van der Waals surface area contributed by atoms with Crippen molar-refractivity contribution < 1.29 is 28.2 Å². The third-order valence-corrected chi connectivity index (χ3v) is 4.24. The van der Waals surface area contributed by atoms with E-state index in [1.807, 2.05) is 0 Å². The molecule has 19 heavy (non-hydrogen) atoms. The van der Waals surface area contributed by atoms with Crippen molar-refractivity contribution in [3.8, 4) is 0 Å². The van der Waals surface area contributed by atoms with Crippen molar-refractivity contribution in [1.29, 1.82) is 0 Å². The number of halogens is 3. The SMILES string of the molecule is C[C@]1(F)[C@H](N2C=CC(=O)CC2=O)O[C@](F)(CI)[C@H]1O. The zero-order valence-corrected chi connectivity index (χ0v) is 12.1. The summed E-state index contributed by atoms with van der Waals surface area (Å²) >= 11 is 1.63. The van der Waals surface area contributed by atoms with Gasteiger partial charge in [0.2, 0.25) is 11.8 Å². The lowest BCUT2D eigenvalue weighted by molar-refractivity contribution is -0.182. The van der Waals surface area contributed by atoms with Gasteiger partial charge in [-0.05, 0) is 13.0 Å². The summed E-state index contributed by atoms with van der Waals surface area (Å²) < 4.78 is 33.3. The van der Waals surface area contributed by atoms with Gasteiger partial charge in [-0.3, -0.25) is 14.5 Å². The van der Waals surface area contributed by atoms with E-state index in [0.29, 0.717) is 0 Å². The van der Waals surface area contributed by atoms with Crippen LogP contribution in [0.1, 0.15) is 13.3 Å². The number of ether oxygens (including phenoxy) is 1. The minimum atomic E-state index is -2.57. The first kappa shape index (κ1) is 14.8. The van der Waals surface area contributed by atoms with E-state index in [4.69, 9.17) is 4.74 Å². The van der Waals surface area contributed by atoms with E-state index < -0.39 is 42.0 Å². The monoisotopic (exact) mass is 387 g/mol. The summed E-state index contributed by atoms with van der Waals surface area (Å²) in [6, 6.07) is 0. The predicted octanol–water partition coefficient (Wildman–Crippen LogP) is 0.848. The van der Waals surface area contributed by atoms with E-state index >= 15 is 0 Å². The standard InChI is InChI=1S/C11H12F2INO4/c1-10(12)8(18)11(13,5-14)19-9(10)15-3-2-6(16)4-7(15)17/h2-3,8-9,18H,4-5H2,1H3/t8-,9+,10+,11+/m0/s1. The quantitative estimate of drug-likeness (QED) is 0.434. The van der Waals surface area contributed by atoms with E-state index in [2.05, 4.69) is 0 Å². The number of aliphatic hydroxyl groups is 1. The van der Waals surface area contributed by atoms with E-state index in [9.17, 15) is 23.5 Å². The van der Waals surface area contributed by atoms with Crippen molar-refractivity contribution >= 4 is 34.3 Å². The predicted molar refractivity (Wildman–Crippen MR) is 68.7 cm³/mol. The van der Waals surface area contributed by atoms with Gasteiger partial charge in [-0.15, -0.1) is 0 Å². The van der Waals surface area contributed by atoms with Crippen LogP contribution >= 0.6 is 22.6 Å². The fraction of sp³-hybridized carbons (Fsp3) is 0.636. The molecular weight excluding hydrogens is 375 g/mol. The number of alkyl halides is 3. The second kappa shape index (κ2) is 4.74. The molecule has 2 aliphatic rings. The Morgan fingerprint density at radius 3 is 2.68 bits per heavy atom. The molecule has 2 rings (SSSR count). The van der Waals surface area contributed by atoms with Gasteiger partial charge in [-0.1, -0.05) is 22.6 Å². The van der Waals surface area contributed by atoms with Gasteiger partial charge < -0.3 is 9.84 Å². The molecule has 2 aliphatic heterocycles. The number of nitrogens with zero attached hydrogens (tertiary/aromatic N) is 1. The van der Waals surface area contributed by atoms with Crippen LogP contribution < -0.4 is 0 Å². The van der Waals surface area contributed by atoms with Crippen molar-refractivity contribution in [3.05, 3.63) is 12.3 Å². The molecule has 0 radical (unpaired) electrons. The third-order valence-electron chi connectivity index (χ3n) is 3.20. The normalized spacial score (nSPS) is 43.1. The molecule has 2 heterocycles. The van der Waals surface area contributed by atoms with Crippen LogP contribution in [0.4, 0.5) is 8.78 Å². The maximum Gasteiger partial charge on any atom is 0.249 e. The van der Waals surface area contributed by atoms with E-state index in [-0.39, 0.29) is 4.43 Å². The molecule has 1 fully saturated rings. The van der Waals surface area contributed by atoms with Gasteiger partial charge in [0, 0.05) is 6.20 Å². The van der Waals surface area contributed by atoms with Gasteiger partial charge in [-0.25, -0.2) is 8.78 Å². The highest BCUT2D eigenvalue weighted by molar-refractivity contribution is 14.1. The minimum Gasteiger partial charge on any atom is -0.384 e. The van der Waals surface area contributed by atoms with Gasteiger partial charge in [0.05, 0.1) is 10.8 Å². The zero-order chi connectivity index (χ0) is 14.4. The molecule has 0 unspecified atom stereocenters. The highest BCUT2D eigenvalue weighted by atomic mass is 127. The number of hydrogen-bond acceptors (Lipinski definition) is 4. The van der Waals surface area contributed by atoms with Gasteiger partial charge in [-0.2, -0.15) is 0 Å². The second-order valence-electron chi connectivity index (χ2n) is 4.70. The number of hydrogen-bond donors (Lipinski definition) is 1. The number of carbonyl (C=O) groups is 2. The number of amides is 1. The Morgan fingerprint density at radius 1 is 1.58 bits per heavy atom. The minimum absolute atomic E-state index is 0.285. The average Bonchev–Trinajstić information content (AvgIpc) is 2.51. The molecule has 1 saturated heterocycles. The summed E-state index contributed by atoms with van der Waals surface area (Å²) in [5, 5.41) is 9.71. The van der Waals surface area contributed by atoms with E-state index in [1.165, 1.54) is 0 Å². The highest BCUT2D eigenvalue weighted by Crippen LogP contribution is 2.44. The van der Waals surface area contributed by atoms with Crippen LogP contribution in [0.2, 0.25) is 0 Å². The fourth-order valence-corrected chi connectivity index (χ4v) is 2.71. The molecule has 1 N–H and O–H groups in total. The molecule has 8 heteroatoms. The van der Waals surface area contributed by atoms with E-state index in [0.717, 1.165) is 24.1 Å². The fourth-order valence-electron chi connectivity index (χ4n) is 2.11. The molecule has 4 atom stereocenters. The first-order valence-corrected chi connectivity index (χ1v) is 7.07. The van der Waals surface area contributed by atoms with Crippen LogP contribution in [0.15, 0.2) is 12.3 Å². The molecular formula is C11H12F2INO4. The Balaban J connectivity index is 2.33. The lowest BCUT2D eigenvalue weighted by Crippen LogP contribution is -2.51. The van der Waals surface area contributed by atoms with Crippen LogP contribution in [0.5, 0.6) is 0 Å². The van der Waals surface area contributed by atoms with Crippen LogP contribution in [0.25, 0.3) is 0 Å². The van der Waals surface area contributed by atoms with Crippen LogP contribution in [-0.4, -0.2) is 50.0 Å². The maximum absolute atomic E-state index is 14.5. The number of rotatable bonds is 2. The van der Waals surface area contributed by atoms with Gasteiger partial charge in [0.15, 0.2) is 23.8 Å². The Kier molecular flexibility index (Phi) is 3.69. The summed E-state index contributed by atoms with van der Waals surface area (Å²) in [4.78, 5) is 23.6. The first-order valence-electron chi connectivity index (χ1n) is 5.54. The second-order valence-corrected chi connectivity index (χ2v) is 5.47. The molecule has 106 valence electrons. The van der Waals surface area contributed by atoms with Crippen molar-refractivity contribution in [2.45, 2.75) is 37.2 Å². The van der Waals surface area contributed by atoms with Gasteiger partial charge >= 0.3 is 0 Å². The summed E-state index contributed by atoms with van der Waals surface area (Å²) in [5.41, 5.74) is -2.47. The zero-order valence-electron chi connectivity index (χ0n) is 9.98. The topological polar surface area (TPSA) is 66.8 Å². The van der Waals surface area contributed by atoms with Crippen LogP contribution in [0, 0.1) is 0 Å². The molecule has 1 amide bonds. The van der Waals surface area contributed by atoms with Crippen molar-refractivity contribution in [2.75, 3.05) is 4.43 Å². The number of ketones is 1. The van der Waals surface area contributed by atoms with E-state index in [1.54, 1.807) is 22.6 Å². The number of carbonyl (C=O) groups excluding carboxylic acids is 2. The van der Waals surface area contributed by atoms with Crippen molar-refractivity contribution in [2.24, 2.45) is 0 Å². The Hall–Kier alpha value is -0.610. The molecule has 0 aliphatic carbocycles. The summed E-state index contributed by atoms with van der Waals surface area (Å²) in [6.07, 6.45) is -1.89. The number of allylic oxidation sites excluding steroid dienone is 1. The third kappa shape index (κ3) is 2.29. The number of aliphatic hydroxyl groups excluding tert-OH is 1. The molecule has 0 spiro atoms. The Bertz CT molecular complexity index is 456. The van der Waals surface area contributed by atoms with Crippen molar-refractivity contribution in [3.63, 3.8) is 0 Å². The molecule has 0 aromatic rings. The maximum atomic E-state index is 14.5. The highest BCUT2D eigenvalue weighted by Gasteiger charge is 2.65. The molecule has 5 nitrogen and oxygen atoms in total. The van der Waals surface area contributed by atoms with Crippen molar-refractivity contribution in [1.82, 2.24) is 4.90 Å². The summed E-state index contributed by atoms with van der Waals surface area (Å²) in [5.74, 6) is -3.67. The first-order chi connectivity index (χ1) is 8.72. The molecule has 0 aromatic carbocycles. The van der Waals surface area contributed by atoms with Gasteiger partial charge in [0.1, 0.15) is 0 Å². The largest absolute Gasteiger partial charge is 0.384 e. The summed E-state index contributed by atoms with van der Waals surface area (Å²) in [7, 11) is 0. The van der Waals surface area contributed by atoms with Gasteiger partial charge in [0.25, 0.3) is 0 Å².